The van der Waals surface area contributed by atoms with E-state index < -0.39 is 11.9 Å². The SMILES string of the molecule is CCCCc1ccc(C#Cc2ccc(C(F)(F)Oc3ccc(F)cc3)cc2)cc1. The molecule has 0 amide bonds. The predicted molar refractivity (Wildman–Crippen MR) is 108 cm³/mol. The lowest BCUT2D eigenvalue weighted by molar-refractivity contribution is -0.185. The number of ether oxygens (including phenoxy) is 1. The van der Waals surface area contributed by atoms with E-state index in [9.17, 15) is 13.2 Å². The third-order valence-electron chi connectivity index (χ3n) is 4.40. The van der Waals surface area contributed by atoms with Crippen LogP contribution in [-0.4, -0.2) is 0 Å². The summed E-state index contributed by atoms with van der Waals surface area (Å²) >= 11 is 0. The van der Waals surface area contributed by atoms with Crippen LogP contribution in [0.3, 0.4) is 0 Å². The molecule has 0 radical (unpaired) electrons. The highest BCUT2D eigenvalue weighted by atomic mass is 19.3. The first kappa shape index (κ1) is 20.5. The molecule has 3 aromatic carbocycles. The van der Waals surface area contributed by atoms with E-state index in [2.05, 4.69) is 30.9 Å². The lowest BCUT2D eigenvalue weighted by Gasteiger charge is -2.18. The van der Waals surface area contributed by atoms with Crippen molar-refractivity contribution in [2.45, 2.75) is 32.3 Å². The maximum Gasteiger partial charge on any atom is 0.426 e. The molecule has 0 saturated carbocycles. The van der Waals surface area contributed by atoms with Crippen LogP contribution in [0.15, 0.2) is 72.8 Å². The summed E-state index contributed by atoms with van der Waals surface area (Å²) < 4.78 is 46.2. The fourth-order valence-corrected chi connectivity index (χ4v) is 2.74. The highest BCUT2D eigenvalue weighted by Crippen LogP contribution is 2.31. The number of benzene rings is 3. The number of hydrogen-bond donors (Lipinski definition) is 0. The van der Waals surface area contributed by atoms with E-state index in [0.29, 0.717) is 5.56 Å². The first-order chi connectivity index (χ1) is 14.0. The van der Waals surface area contributed by atoms with Gasteiger partial charge in [-0.15, -0.1) is 0 Å². The molecule has 0 fully saturated rings. The molecule has 0 aliphatic carbocycles. The zero-order valence-corrected chi connectivity index (χ0v) is 16.1. The highest BCUT2D eigenvalue weighted by molar-refractivity contribution is 5.44. The molecule has 0 atom stereocenters. The maximum absolute atomic E-state index is 14.3. The number of unbranched alkanes of at least 4 members (excludes halogenated alkanes) is 1. The second-order valence-corrected chi connectivity index (χ2v) is 6.70. The number of alkyl halides is 2. The van der Waals surface area contributed by atoms with Crippen LogP contribution in [0, 0.1) is 17.7 Å². The van der Waals surface area contributed by atoms with Gasteiger partial charge in [-0.1, -0.05) is 37.3 Å². The van der Waals surface area contributed by atoms with Crippen molar-refractivity contribution in [1.82, 2.24) is 0 Å². The second-order valence-electron chi connectivity index (χ2n) is 6.70. The van der Waals surface area contributed by atoms with Crippen molar-refractivity contribution >= 4 is 0 Å². The Balaban J connectivity index is 1.67. The Hall–Kier alpha value is -3.19. The van der Waals surface area contributed by atoms with Gasteiger partial charge in [0.25, 0.3) is 0 Å². The summed E-state index contributed by atoms with van der Waals surface area (Å²) in [7, 11) is 0. The summed E-state index contributed by atoms with van der Waals surface area (Å²) in [5, 5.41) is 0. The molecule has 1 nitrogen and oxygen atoms in total. The van der Waals surface area contributed by atoms with Crippen molar-refractivity contribution in [1.29, 1.82) is 0 Å². The Morgan fingerprint density at radius 2 is 1.34 bits per heavy atom. The topological polar surface area (TPSA) is 9.23 Å². The van der Waals surface area contributed by atoms with Gasteiger partial charge in [0.2, 0.25) is 0 Å². The number of aryl methyl sites for hydroxylation is 1. The summed E-state index contributed by atoms with van der Waals surface area (Å²) in [4.78, 5) is 0. The lowest BCUT2D eigenvalue weighted by Crippen LogP contribution is -2.21. The maximum atomic E-state index is 14.3. The van der Waals surface area contributed by atoms with Gasteiger partial charge in [0.15, 0.2) is 0 Å². The van der Waals surface area contributed by atoms with E-state index in [1.165, 1.54) is 29.8 Å². The molecule has 3 rings (SSSR count). The van der Waals surface area contributed by atoms with Gasteiger partial charge in [-0.2, -0.15) is 8.78 Å². The van der Waals surface area contributed by atoms with Crippen LogP contribution in [0.2, 0.25) is 0 Å². The molecular formula is C25H21F3O. The van der Waals surface area contributed by atoms with Gasteiger partial charge in [0.1, 0.15) is 11.6 Å². The predicted octanol–water partition coefficient (Wildman–Crippen LogP) is 6.70. The molecule has 0 N–H and O–H groups in total. The normalized spacial score (nSPS) is 10.9. The summed E-state index contributed by atoms with van der Waals surface area (Å²) in [6.07, 6.45) is -0.156. The third-order valence-corrected chi connectivity index (χ3v) is 4.40. The molecule has 148 valence electrons. The molecule has 0 unspecified atom stereocenters. The van der Waals surface area contributed by atoms with E-state index >= 15 is 0 Å². The van der Waals surface area contributed by atoms with Gasteiger partial charge >= 0.3 is 6.11 Å². The second kappa shape index (κ2) is 9.34. The quantitative estimate of drug-likeness (QED) is 0.423. The first-order valence-corrected chi connectivity index (χ1v) is 9.50. The van der Waals surface area contributed by atoms with E-state index in [0.717, 1.165) is 49.1 Å². The summed E-state index contributed by atoms with van der Waals surface area (Å²) in [5.74, 6) is 5.40. The van der Waals surface area contributed by atoms with Gasteiger partial charge in [0, 0.05) is 11.1 Å². The van der Waals surface area contributed by atoms with Crippen LogP contribution in [0.5, 0.6) is 5.75 Å². The lowest BCUT2D eigenvalue weighted by atomic mass is 10.1. The molecule has 0 heterocycles. The minimum Gasteiger partial charge on any atom is -0.429 e. The Bertz CT molecular complexity index is 979. The number of halogens is 3. The Morgan fingerprint density at radius 1 is 0.793 bits per heavy atom. The van der Waals surface area contributed by atoms with Crippen LogP contribution >= 0.6 is 0 Å². The van der Waals surface area contributed by atoms with Crippen molar-refractivity contribution in [3.8, 4) is 17.6 Å². The van der Waals surface area contributed by atoms with Crippen molar-refractivity contribution in [3.63, 3.8) is 0 Å². The molecule has 0 bridgehead atoms. The fraction of sp³-hybridized carbons (Fsp3) is 0.200. The Kier molecular flexibility index (Phi) is 6.61. The van der Waals surface area contributed by atoms with E-state index in [1.54, 1.807) is 0 Å². The zero-order chi connectivity index (χ0) is 20.7. The standard InChI is InChI=1S/C25H21F3O/c1-2-3-4-19-5-7-20(8-6-19)9-10-21-11-13-22(14-12-21)25(27,28)29-24-17-15-23(26)16-18-24/h5-8,11-18H,2-4H2,1H3. The van der Waals surface area contributed by atoms with Gasteiger partial charge in [-0.05, 0) is 79.1 Å². The average molecular weight is 394 g/mol. The van der Waals surface area contributed by atoms with Gasteiger partial charge in [-0.3, -0.25) is 0 Å². The minimum absolute atomic E-state index is 0.109. The molecular weight excluding hydrogens is 373 g/mol. The summed E-state index contributed by atoms with van der Waals surface area (Å²) in [6.45, 7) is 2.16. The zero-order valence-electron chi connectivity index (χ0n) is 16.1. The van der Waals surface area contributed by atoms with E-state index in [1.807, 2.05) is 12.1 Å². The molecule has 3 aromatic rings. The van der Waals surface area contributed by atoms with Gasteiger partial charge in [-0.25, -0.2) is 4.39 Å². The van der Waals surface area contributed by atoms with Gasteiger partial charge < -0.3 is 4.74 Å². The van der Waals surface area contributed by atoms with Crippen LogP contribution in [0.1, 0.15) is 42.0 Å². The van der Waals surface area contributed by atoms with E-state index in [-0.39, 0.29) is 11.3 Å². The Labute approximate surface area is 169 Å². The minimum atomic E-state index is -3.53. The first-order valence-electron chi connectivity index (χ1n) is 9.50. The molecule has 0 aromatic heterocycles. The molecule has 4 heteroatoms. The monoisotopic (exact) mass is 394 g/mol. The van der Waals surface area contributed by atoms with Crippen LogP contribution in [0.25, 0.3) is 0 Å². The number of rotatable bonds is 6. The van der Waals surface area contributed by atoms with Crippen molar-refractivity contribution in [2.24, 2.45) is 0 Å². The molecule has 0 spiro atoms. The third kappa shape index (κ3) is 5.89. The smallest absolute Gasteiger partial charge is 0.426 e. The fourth-order valence-electron chi connectivity index (χ4n) is 2.74. The van der Waals surface area contributed by atoms with Crippen LogP contribution in [0.4, 0.5) is 13.2 Å². The van der Waals surface area contributed by atoms with E-state index in [4.69, 9.17) is 4.74 Å². The average Bonchev–Trinajstić information content (AvgIpc) is 2.73. The van der Waals surface area contributed by atoms with Crippen molar-refractivity contribution in [3.05, 3.63) is 101 Å². The van der Waals surface area contributed by atoms with Crippen LogP contribution < -0.4 is 4.74 Å². The molecule has 0 saturated heterocycles. The molecule has 0 aliphatic heterocycles. The number of hydrogen-bond acceptors (Lipinski definition) is 1. The highest BCUT2D eigenvalue weighted by Gasteiger charge is 2.34. The van der Waals surface area contributed by atoms with Crippen molar-refractivity contribution in [2.75, 3.05) is 0 Å². The van der Waals surface area contributed by atoms with Gasteiger partial charge in [0.05, 0.1) is 5.56 Å². The largest absolute Gasteiger partial charge is 0.429 e. The Morgan fingerprint density at radius 3 is 1.90 bits per heavy atom. The summed E-state index contributed by atoms with van der Waals surface area (Å²) in [6, 6.07) is 18.1. The summed E-state index contributed by atoms with van der Waals surface area (Å²) in [5.41, 5.74) is 2.48. The van der Waals surface area contributed by atoms with Crippen LogP contribution in [-0.2, 0) is 12.5 Å². The molecule has 29 heavy (non-hydrogen) atoms. The van der Waals surface area contributed by atoms with Crippen molar-refractivity contribution < 1.29 is 17.9 Å². The molecule has 0 aliphatic rings.